The van der Waals surface area contributed by atoms with Crippen LogP contribution in [0.1, 0.15) is 30.3 Å². The molecule has 1 aliphatic carbocycles. The van der Waals surface area contributed by atoms with Gasteiger partial charge in [0.25, 0.3) is 0 Å². The second-order valence-corrected chi connectivity index (χ2v) is 7.35. The number of carbonyl (C=O) groups excluding carboxylic acids is 2. The van der Waals surface area contributed by atoms with Gasteiger partial charge in [0.15, 0.2) is 5.13 Å². The van der Waals surface area contributed by atoms with Gasteiger partial charge in [-0.05, 0) is 31.6 Å². The molecule has 0 aromatic carbocycles. The van der Waals surface area contributed by atoms with Gasteiger partial charge in [-0.15, -0.1) is 11.3 Å². The fraction of sp³-hybridized carbons (Fsp3) is 0.667. The van der Waals surface area contributed by atoms with Crippen molar-refractivity contribution < 1.29 is 14.0 Å². The Kier molecular flexibility index (Phi) is 4.63. The zero-order valence-corrected chi connectivity index (χ0v) is 13.9. The Balaban J connectivity index is 1.65. The number of nitrogens with zero attached hydrogens (tertiary/aromatic N) is 2. The summed E-state index contributed by atoms with van der Waals surface area (Å²) in [7, 11) is 0. The third kappa shape index (κ3) is 3.53. The minimum absolute atomic E-state index is 0.0410. The molecule has 3 atom stereocenters. The van der Waals surface area contributed by atoms with Crippen LogP contribution in [0.3, 0.4) is 0 Å². The third-order valence-corrected chi connectivity index (χ3v) is 5.53. The van der Waals surface area contributed by atoms with Crippen molar-refractivity contribution in [2.24, 2.45) is 11.7 Å². The van der Waals surface area contributed by atoms with Crippen LogP contribution in [-0.2, 0) is 22.4 Å². The molecular weight excluding hydrogens is 319 g/mol. The molecule has 2 heterocycles. The summed E-state index contributed by atoms with van der Waals surface area (Å²) in [5, 5.41) is 3.30. The lowest BCUT2D eigenvalue weighted by Gasteiger charge is -2.29. The highest BCUT2D eigenvalue weighted by Gasteiger charge is 2.35. The smallest absolute Gasteiger partial charge is 0.239 e. The number of nitrogens with two attached hydrogens (primary N) is 1. The monoisotopic (exact) mass is 340 g/mol. The summed E-state index contributed by atoms with van der Waals surface area (Å²) in [5.41, 5.74) is 7.15. The Hall–Kier alpha value is -1.54. The van der Waals surface area contributed by atoms with Crippen LogP contribution in [0.15, 0.2) is 0 Å². The number of thiazole rings is 1. The molecule has 3 N–H and O–H groups in total. The van der Waals surface area contributed by atoms with E-state index in [0.717, 1.165) is 23.4 Å². The molecule has 2 amide bonds. The first kappa shape index (κ1) is 16.3. The Morgan fingerprint density at radius 1 is 1.48 bits per heavy atom. The van der Waals surface area contributed by atoms with E-state index in [4.69, 9.17) is 5.73 Å². The quantitative estimate of drug-likeness (QED) is 0.862. The van der Waals surface area contributed by atoms with Gasteiger partial charge in [0.1, 0.15) is 6.17 Å². The van der Waals surface area contributed by atoms with Gasteiger partial charge in [-0.2, -0.15) is 0 Å². The molecule has 0 radical (unpaired) electrons. The summed E-state index contributed by atoms with van der Waals surface area (Å²) in [6.07, 6.45) is 1.71. The van der Waals surface area contributed by atoms with Crippen molar-refractivity contribution in [3.05, 3.63) is 10.6 Å². The fourth-order valence-corrected chi connectivity index (χ4v) is 4.39. The Bertz CT molecular complexity index is 621. The first-order valence-electron chi connectivity index (χ1n) is 7.88. The van der Waals surface area contributed by atoms with Crippen molar-refractivity contribution in [1.29, 1.82) is 0 Å². The van der Waals surface area contributed by atoms with E-state index in [2.05, 4.69) is 10.3 Å². The highest BCUT2D eigenvalue weighted by atomic mass is 32.1. The van der Waals surface area contributed by atoms with Gasteiger partial charge >= 0.3 is 0 Å². The third-order valence-electron chi connectivity index (χ3n) is 4.50. The average molecular weight is 340 g/mol. The van der Waals surface area contributed by atoms with E-state index in [1.807, 2.05) is 0 Å². The lowest BCUT2D eigenvalue weighted by Crippen LogP contribution is -2.48. The van der Waals surface area contributed by atoms with Gasteiger partial charge in [-0.1, -0.05) is 0 Å². The molecule has 1 aromatic rings. The molecule has 3 rings (SSSR count). The van der Waals surface area contributed by atoms with Gasteiger partial charge in [-0.3, -0.25) is 9.59 Å². The van der Waals surface area contributed by atoms with E-state index in [1.165, 1.54) is 18.3 Å². The Labute approximate surface area is 138 Å². The number of halogens is 1. The molecule has 1 aliphatic heterocycles. The number of alkyl halides is 1. The van der Waals surface area contributed by atoms with Crippen molar-refractivity contribution in [1.82, 2.24) is 9.88 Å². The lowest BCUT2D eigenvalue weighted by atomic mass is 9.85. The molecule has 8 heteroatoms. The zero-order valence-electron chi connectivity index (χ0n) is 13.0. The number of aryl methyl sites for hydroxylation is 1. The van der Waals surface area contributed by atoms with E-state index in [9.17, 15) is 14.0 Å². The number of hydrogen-bond acceptors (Lipinski definition) is 5. The summed E-state index contributed by atoms with van der Waals surface area (Å²) in [6, 6.07) is -0.597. The minimum atomic E-state index is -0.925. The molecule has 1 saturated heterocycles. The SMILES string of the molecule is CC(=O)Nc1nc2c(s1)CC([C@H](N)C(=O)N1CCC(F)C1)CC2. The van der Waals surface area contributed by atoms with Crippen LogP contribution in [0.25, 0.3) is 0 Å². The number of carbonyl (C=O) groups is 2. The Morgan fingerprint density at radius 2 is 2.26 bits per heavy atom. The molecule has 23 heavy (non-hydrogen) atoms. The second-order valence-electron chi connectivity index (χ2n) is 6.27. The molecule has 126 valence electrons. The van der Waals surface area contributed by atoms with Gasteiger partial charge in [0.05, 0.1) is 18.3 Å². The number of fused-ring (bicyclic) bond motifs is 1. The standard InChI is InChI=1S/C15H21FN4O2S/c1-8(21)18-15-19-11-3-2-9(6-12(11)23-15)13(17)14(22)20-5-4-10(16)7-20/h9-10,13H,2-7,17H2,1H3,(H,18,19,21)/t9?,10?,13-/m0/s1. The van der Waals surface area contributed by atoms with E-state index in [1.54, 1.807) is 4.90 Å². The first-order chi connectivity index (χ1) is 10.9. The summed E-state index contributed by atoms with van der Waals surface area (Å²) in [4.78, 5) is 30.6. The number of hydrogen-bond donors (Lipinski definition) is 2. The van der Waals surface area contributed by atoms with E-state index >= 15 is 0 Å². The van der Waals surface area contributed by atoms with Crippen molar-refractivity contribution >= 4 is 28.3 Å². The maximum absolute atomic E-state index is 13.3. The number of anilines is 1. The maximum atomic E-state index is 13.3. The summed E-state index contributed by atoms with van der Waals surface area (Å²) in [6.45, 7) is 2.07. The van der Waals surface area contributed by atoms with Crippen LogP contribution in [-0.4, -0.2) is 47.0 Å². The molecular formula is C15H21FN4O2S. The lowest BCUT2D eigenvalue weighted by molar-refractivity contribution is -0.133. The van der Waals surface area contributed by atoms with Crippen LogP contribution in [0.2, 0.25) is 0 Å². The number of rotatable bonds is 3. The molecule has 1 aromatic heterocycles. The molecule has 0 spiro atoms. The number of amides is 2. The summed E-state index contributed by atoms with van der Waals surface area (Å²) < 4.78 is 13.3. The topological polar surface area (TPSA) is 88.3 Å². The highest BCUT2D eigenvalue weighted by Crippen LogP contribution is 2.33. The first-order valence-corrected chi connectivity index (χ1v) is 8.70. The van der Waals surface area contributed by atoms with Crippen molar-refractivity contribution in [2.45, 2.75) is 44.8 Å². The van der Waals surface area contributed by atoms with Gasteiger partial charge in [0.2, 0.25) is 11.8 Å². The van der Waals surface area contributed by atoms with Crippen molar-refractivity contribution in [3.8, 4) is 0 Å². The molecule has 2 unspecified atom stereocenters. The predicted octanol–water partition coefficient (Wildman–Crippen LogP) is 1.10. The summed E-state index contributed by atoms with van der Waals surface area (Å²) in [5.74, 6) is -0.251. The van der Waals surface area contributed by atoms with Crippen LogP contribution in [0.4, 0.5) is 9.52 Å². The van der Waals surface area contributed by atoms with E-state index < -0.39 is 12.2 Å². The highest BCUT2D eigenvalue weighted by molar-refractivity contribution is 7.15. The van der Waals surface area contributed by atoms with Crippen molar-refractivity contribution in [2.75, 3.05) is 18.4 Å². The molecule has 2 aliphatic rings. The van der Waals surface area contributed by atoms with Crippen molar-refractivity contribution in [3.63, 3.8) is 0 Å². The zero-order chi connectivity index (χ0) is 16.6. The molecule has 1 fully saturated rings. The molecule has 0 saturated carbocycles. The number of aromatic nitrogens is 1. The minimum Gasteiger partial charge on any atom is -0.338 e. The number of nitrogens with one attached hydrogen (secondary N) is 1. The number of likely N-dealkylation sites (tertiary alicyclic amines) is 1. The fourth-order valence-electron chi connectivity index (χ4n) is 3.24. The molecule has 6 nitrogen and oxygen atoms in total. The average Bonchev–Trinajstić information content (AvgIpc) is 3.09. The van der Waals surface area contributed by atoms with E-state index in [0.29, 0.717) is 24.5 Å². The predicted molar refractivity (Wildman–Crippen MR) is 86.0 cm³/mol. The normalized spacial score (nSPS) is 25.1. The van der Waals surface area contributed by atoms with Crippen LogP contribution < -0.4 is 11.1 Å². The van der Waals surface area contributed by atoms with Crippen LogP contribution in [0, 0.1) is 5.92 Å². The van der Waals surface area contributed by atoms with Gasteiger partial charge < -0.3 is 16.0 Å². The van der Waals surface area contributed by atoms with E-state index in [-0.39, 0.29) is 24.3 Å². The molecule has 0 bridgehead atoms. The van der Waals surface area contributed by atoms with Gasteiger partial charge in [-0.25, -0.2) is 9.37 Å². The maximum Gasteiger partial charge on any atom is 0.239 e. The summed E-state index contributed by atoms with van der Waals surface area (Å²) >= 11 is 1.45. The van der Waals surface area contributed by atoms with Gasteiger partial charge in [0, 0.05) is 18.3 Å². The second kappa shape index (κ2) is 6.52. The van der Waals surface area contributed by atoms with Crippen LogP contribution >= 0.6 is 11.3 Å². The largest absolute Gasteiger partial charge is 0.338 e. The Morgan fingerprint density at radius 3 is 2.91 bits per heavy atom. The van der Waals surface area contributed by atoms with Crippen LogP contribution in [0.5, 0.6) is 0 Å².